The predicted molar refractivity (Wildman–Crippen MR) is 71.0 cm³/mol. The molecule has 1 fully saturated rings. The minimum atomic E-state index is -0.339. The predicted octanol–water partition coefficient (Wildman–Crippen LogP) is 1.23. The largest absolute Gasteiger partial charge is 0.382 e. The van der Waals surface area contributed by atoms with E-state index in [4.69, 9.17) is 15.0 Å². The van der Waals surface area contributed by atoms with Crippen LogP contribution in [0.25, 0.3) is 10.4 Å². The molecule has 3 atom stereocenters. The second-order valence-corrected chi connectivity index (χ2v) is 4.71. The van der Waals surface area contributed by atoms with Gasteiger partial charge in [-0.2, -0.15) is 0 Å². The Labute approximate surface area is 116 Å². The highest BCUT2D eigenvalue weighted by atomic mass is 16.6. The summed E-state index contributed by atoms with van der Waals surface area (Å²) in [7, 11) is 1.56. The van der Waals surface area contributed by atoms with Crippen LogP contribution in [0, 0.1) is 0 Å². The minimum Gasteiger partial charge on any atom is -0.382 e. The summed E-state index contributed by atoms with van der Waals surface area (Å²) in [5.74, 6) is 0.271. The maximum Gasteiger partial charge on any atom is 0.253 e. The smallest absolute Gasteiger partial charge is 0.253 e. The Morgan fingerprint density at radius 3 is 3.15 bits per heavy atom. The fraction of sp³-hybridized carbons (Fsp3) is 0.583. The lowest BCUT2D eigenvalue weighted by atomic mass is 10.1. The van der Waals surface area contributed by atoms with E-state index in [1.54, 1.807) is 25.1 Å². The number of hydrogen-bond donors (Lipinski definition) is 1. The summed E-state index contributed by atoms with van der Waals surface area (Å²) in [6.45, 7) is 5.85. The highest BCUT2D eigenvalue weighted by Gasteiger charge is 2.39. The molecule has 2 rings (SSSR count). The van der Waals surface area contributed by atoms with Crippen molar-refractivity contribution < 1.29 is 14.3 Å². The third-order valence-corrected chi connectivity index (χ3v) is 3.31. The van der Waals surface area contributed by atoms with E-state index in [1.165, 1.54) is 0 Å². The van der Waals surface area contributed by atoms with Crippen LogP contribution in [0.1, 0.15) is 13.3 Å². The van der Waals surface area contributed by atoms with Gasteiger partial charge in [0.2, 0.25) is 0 Å². The summed E-state index contributed by atoms with van der Waals surface area (Å²) in [5, 5.41) is 6.40. The summed E-state index contributed by atoms with van der Waals surface area (Å²) in [5.41, 5.74) is 9.17. The Hall–Kier alpha value is -2.02. The van der Waals surface area contributed by atoms with Crippen LogP contribution in [-0.4, -0.2) is 42.9 Å². The van der Waals surface area contributed by atoms with Crippen LogP contribution in [0.3, 0.4) is 0 Å². The monoisotopic (exact) mass is 279 g/mol. The van der Waals surface area contributed by atoms with Crippen molar-refractivity contribution in [1.29, 1.82) is 0 Å². The van der Waals surface area contributed by atoms with Gasteiger partial charge in [-0.1, -0.05) is 11.7 Å². The van der Waals surface area contributed by atoms with Crippen molar-refractivity contribution in [1.82, 2.24) is 10.2 Å². The third kappa shape index (κ3) is 2.77. The molecule has 1 unspecified atom stereocenters. The third-order valence-electron chi connectivity index (χ3n) is 3.31. The van der Waals surface area contributed by atoms with E-state index < -0.39 is 0 Å². The Bertz CT molecular complexity index is 497. The molecule has 108 valence electrons. The maximum atomic E-state index is 11.5. The van der Waals surface area contributed by atoms with Gasteiger partial charge in [-0.15, -0.1) is 0 Å². The zero-order valence-corrected chi connectivity index (χ0v) is 11.4. The topological polar surface area (TPSA) is 99.6 Å². The standard InChI is InChI=1S/C12H17N5O3/c1-7-5-17(8(2)14-12(7)18)11-4-9(15-16-13)10(20-11)6-19-3/h5,9-11H,2,4,6H2,1,3H3,(H,14,18)/t9?,10-,11-/m1/s1. The molecular weight excluding hydrogens is 262 g/mol. The Morgan fingerprint density at radius 2 is 2.50 bits per heavy atom. The van der Waals surface area contributed by atoms with Gasteiger partial charge in [-0.3, -0.25) is 4.79 Å². The van der Waals surface area contributed by atoms with E-state index in [0.29, 0.717) is 24.4 Å². The molecule has 2 heterocycles. The van der Waals surface area contributed by atoms with Gasteiger partial charge >= 0.3 is 0 Å². The minimum absolute atomic E-state index is 0.177. The first kappa shape index (κ1) is 14.4. The van der Waals surface area contributed by atoms with Crippen LogP contribution >= 0.6 is 0 Å². The molecule has 1 amide bonds. The summed E-state index contributed by atoms with van der Waals surface area (Å²) in [4.78, 5) is 16.1. The number of ether oxygens (including phenoxy) is 2. The van der Waals surface area contributed by atoms with Crippen LogP contribution in [0.5, 0.6) is 0 Å². The fourth-order valence-electron chi connectivity index (χ4n) is 2.28. The number of hydrogen-bond acceptors (Lipinski definition) is 5. The lowest BCUT2D eigenvalue weighted by molar-refractivity contribution is -0.118. The molecule has 2 aliphatic rings. The second-order valence-electron chi connectivity index (χ2n) is 4.71. The number of nitrogens with one attached hydrogen (secondary N) is 1. The molecule has 0 aromatic rings. The molecular formula is C12H17N5O3. The summed E-state index contributed by atoms with van der Waals surface area (Å²) in [6.07, 6.45) is 1.55. The number of carbonyl (C=O) groups excluding carboxylic acids is 1. The van der Waals surface area contributed by atoms with Crippen molar-refractivity contribution in [3.63, 3.8) is 0 Å². The lowest BCUT2D eigenvalue weighted by Crippen LogP contribution is -2.42. The van der Waals surface area contributed by atoms with Crippen molar-refractivity contribution in [3.8, 4) is 0 Å². The lowest BCUT2D eigenvalue weighted by Gasteiger charge is -2.32. The van der Waals surface area contributed by atoms with Gasteiger partial charge in [0.15, 0.2) is 0 Å². The number of rotatable bonds is 4. The van der Waals surface area contributed by atoms with E-state index in [2.05, 4.69) is 21.9 Å². The number of amides is 1. The summed E-state index contributed by atoms with van der Waals surface area (Å²) >= 11 is 0. The molecule has 0 aromatic heterocycles. The number of methoxy groups -OCH3 is 1. The van der Waals surface area contributed by atoms with E-state index in [1.807, 2.05) is 0 Å². The first-order valence-electron chi connectivity index (χ1n) is 6.22. The van der Waals surface area contributed by atoms with Crippen molar-refractivity contribution in [3.05, 3.63) is 34.6 Å². The fourth-order valence-corrected chi connectivity index (χ4v) is 2.28. The molecule has 0 aliphatic carbocycles. The maximum absolute atomic E-state index is 11.5. The highest BCUT2D eigenvalue weighted by molar-refractivity contribution is 5.94. The van der Waals surface area contributed by atoms with Gasteiger partial charge in [-0.25, -0.2) is 0 Å². The molecule has 8 heteroatoms. The molecule has 0 bridgehead atoms. The average Bonchev–Trinajstić information content (AvgIpc) is 2.78. The van der Waals surface area contributed by atoms with Crippen molar-refractivity contribution in [2.75, 3.05) is 13.7 Å². The first-order chi connectivity index (χ1) is 9.56. The van der Waals surface area contributed by atoms with Gasteiger partial charge < -0.3 is 19.7 Å². The number of carbonyl (C=O) groups is 1. The quantitative estimate of drug-likeness (QED) is 0.475. The van der Waals surface area contributed by atoms with Crippen molar-refractivity contribution in [2.24, 2.45) is 5.11 Å². The molecule has 1 saturated heterocycles. The molecule has 1 N–H and O–H groups in total. The van der Waals surface area contributed by atoms with Crippen molar-refractivity contribution in [2.45, 2.75) is 31.7 Å². The van der Waals surface area contributed by atoms with E-state index in [0.717, 1.165) is 0 Å². The molecule has 0 spiro atoms. The SMILES string of the molecule is C=C1NC(=O)C(C)=CN1[C@H]1CC(N=[N+]=[N-])[C@@H](COC)O1. The first-order valence-corrected chi connectivity index (χ1v) is 6.22. The van der Waals surface area contributed by atoms with Gasteiger partial charge in [0.25, 0.3) is 5.91 Å². The molecule has 2 aliphatic heterocycles. The highest BCUT2D eigenvalue weighted by Crippen LogP contribution is 2.29. The van der Waals surface area contributed by atoms with Gasteiger partial charge in [0.1, 0.15) is 12.0 Å². The van der Waals surface area contributed by atoms with Crippen LogP contribution in [-0.2, 0) is 14.3 Å². The van der Waals surface area contributed by atoms with Crippen LogP contribution in [0.2, 0.25) is 0 Å². The van der Waals surface area contributed by atoms with Gasteiger partial charge in [0.05, 0.1) is 18.8 Å². The Morgan fingerprint density at radius 1 is 1.75 bits per heavy atom. The van der Waals surface area contributed by atoms with Gasteiger partial charge in [0, 0.05) is 30.2 Å². The number of azide groups is 1. The second kappa shape index (κ2) is 5.96. The Balaban J connectivity index is 2.16. The molecule has 0 saturated carbocycles. The molecule has 8 nitrogen and oxygen atoms in total. The zero-order valence-electron chi connectivity index (χ0n) is 11.4. The number of nitrogens with zero attached hydrogens (tertiary/aromatic N) is 4. The van der Waals surface area contributed by atoms with Crippen LogP contribution in [0.4, 0.5) is 0 Å². The summed E-state index contributed by atoms with van der Waals surface area (Å²) < 4.78 is 10.9. The van der Waals surface area contributed by atoms with Crippen LogP contribution in [0.15, 0.2) is 29.3 Å². The molecule has 0 aromatic carbocycles. The summed E-state index contributed by atoms with van der Waals surface area (Å²) in [6, 6.07) is -0.302. The normalized spacial score (nSPS) is 29.8. The van der Waals surface area contributed by atoms with E-state index in [9.17, 15) is 4.79 Å². The molecule has 0 radical (unpaired) electrons. The average molecular weight is 279 g/mol. The van der Waals surface area contributed by atoms with Gasteiger partial charge in [-0.05, 0) is 12.5 Å². The molecule has 20 heavy (non-hydrogen) atoms. The van der Waals surface area contributed by atoms with Crippen molar-refractivity contribution >= 4 is 5.91 Å². The van der Waals surface area contributed by atoms with E-state index >= 15 is 0 Å². The zero-order chi connectivity index (χ0) is 14.7. The van der Waals surface area contributed by atoms with E-state index in [-0.39, 0.29) is 24.3 Å². The Kier molecular flexibility index (Phi) is 4.29. The van der Waals surface area contributed by atoms with Crippen LogP contribution < -0.4 is 5.32 Å².